The quantitative estimate of drug-likeness (QED) is 0.0261. The highest BCUT2D eigenvalue weighted by Gasteiger charge is 2.19. The van der Waals surface area contributed by atoms with E-state index in [0.717, 1.165) is 122 Å². The Labute approximate surface area is 487 Å². The summed E-state index contributed by atoms with van der Waals surface area (Å²) in [6, 6.07) is 0. The fraction of sp³-hybridized carbons (Fsp3) is 0.658. The standard InChI is InChI=1S/C73H120O6/c1-4-7-10-13-16-19-22-24-26-27-28-29-30-31-32-33-34-35-36-37-38-39-40-41-42-43-44-45-47-48-51-54-57-60-63-66-72(75)78-69-70(68-77-71(74)65-62-59-56-53-50-21-18-15-12-9-6-3)79-73(76)67-64-61-58-55-52-49-46-25-23-20-17-14-11-8-5-2/h7-8,10-11,16-17,19-20,24-26,28-29,31-32,34-35,37-38,46,52,55,70H,4-6,9,12-15,18,21-23,27,30,33,36,39-45,47-51,53-54,56-69H2,1-3H3/b10-7-,11-8-,19-16-,20-17-,26-24-,29-28-,32-31-,35-34-,38-37-,46-25-,55-52-. The van der Waals surface area contributed by atoms with Crippen LogP contribution in [-0.4, -0.2) is 37.2 Å². The summed E-state index contributed by atoms with van der Waals surface area (Å²) in [5.74, 6) is -0.935. The first kappa shape index (κ1) is 74.5. The fourth-order valence-electron chi connectivity index (χ4n) is 8.83. The molecule has 79 heavy (non-hydrogen) atoms. The molecular weight excluding hydrogens is 973 g/mol. The average molecular weight is 1090 g/mol. The summed E-state index contributed by atoms with van der Waals surface area (Å²) in [6.45, 7) is 6.38. The van der Waals surface area contributed by atoms with Gasteiger partial charge in [-0.3, -0.25) is 14.4 Å². The van der Waals surface area contributed by atoms with Crippen molar-refractivity contribution in [1.82, 2.24) is 0 Å². The monoisotopic (exact) mass is 1090 g/mol. The maximum atomic E-state index is 12.8. The predicted molar refractivity (Wildman–Crippen MR) is 343 cm³/mol. The normalized spacial score (nSPS) is 13.0. The van der Waals surface area contributed by atoms with Crippen LogP contribution in [-0.2, 0) is 28.6 Å². The smallest absolute Gasteiger partial charge is 0.306 e. The van der Waals surface area contributed by atoms with E-state index in [2.05, 4.69) is 154 Å². The molecule has 1 unspecified atom stereocenters. The van der Waals surface area contributed by atoms with Crippen molar-refractivity contribution in [2.24, 2.45) is 0 Å². The second-order valence-electron chi connectivity index (χ2n) is 21.3. The molecule has 0 aromatic carbocycles. The first-order valence-corrected chi connectivity index (χ1v) is 32.7. The summed E-state index contributed by atoms with van der Waals surface area (Å²) in [5.41, 5.74) is 0. The van der Waals surface area contributed by atoms with Crippen molar-refractivity contribution in [1.29, 1.82) is 0 Å². The van der Waals surface area contributed by atoms with Crippen LogP contribution in [0.2, 0.25) is 0 Å². The Morgan fingerprint density at radius 2 is 0.494 bits per heavy atom. The van der Waals surface area contributed by atoms with Crippen LogP contribution in [0.1, 0.15) is 290 Å². The zero-order valence-electron chi connectivity index (χ0n) is 51.3. The summed E-state index contributed by atoms with van der Waals surface area (Å²) in [5, 5.41) is 0. The predicted octanol–water partition coefficient (Wildman–Crippen LogP) is 22.5. The Morgan fingerprint density at radius 1 is 0.266 bits per heavy atom. The highest BCUT2D eigenvalue weighted by atomic mass is 16.6. The SMILES string of the molecule is CC/C=C\C/C=C\C/C=C\C/C=C\C/C=C\C/C=C\C/C=C\CCCCCCCCCCCCCCCC(=O)OCC(COC(=O)CCCCCCCCCCCCC)OC(=O)CCCC/C=C\C/C=C\C/C=C\C/C=C\CC. The van der Waals surface area contributed by atoms with Crippen molar-refractivity contribution in [3.63, 3.8) is 0 Å². The van der Waals surface area contributed by atoms with E-state index in [1.165, 1.54) is 122 Å². The van der Waals surface area contributed by atoms with Gasteiger partial charge in [-0.05, 0) is 116 Å². The molecule has 6 nitrogen and oxygen atoms in total. The molecule has 0 fully saturated rings. The van der Waals surface area contributed by atoms with Crippen molar-refractivity contribution >= 4 is 17.9 Å². The van der Waals surface area contributed by atoms with E-state index >= 15 is 0 Å². The minimum atomic E-state index is -0.801. The van der Waals surface area contributed by atoms with Gasteiger partial charge in [0.25, 0.3) is 0 Å². The van der Waals surface area contributed by atoms with Crippen LogP contribution >= 0.6 is 0 Å². The Kier molecular flexibility index (Phi) is 62.3. The summed E-state index contributed by atoms with van der Waals surface area (Å²) >= 11 is 0. The third-order valence-corrected chi connectivity index (χ3v) is 13.7. The number of unbranched alkanes of at least 4 members (excludes halogenated alkanes) is 25. The van der Waals surface area contributed by atoms with Crippen LogP contribution < -0.4 is 0 Å². The van der Waals surface area contributed by atoms with Gasteiger partial charge < -0.3 is 14.2 Å². The minimum absolute atomic E-state index is 0.0943. The molecular formula is C73H120O6. The molecule has 0 aromatic heterocycles. The second kappa shape index (κ2) is 66.1. The maximum Gasteiger partial charge on any atom is 0.306 e. The molecule has 0 aromatic rings. The van der Waals surface area contributed by atoms with Crippen molar-refractivity contribution in [2.45, 2.75) is 297 Å². The fourth-order valence-corrected chi connectivity index (χ4v) is 8.83. The lowest BCUT2D eigenvalue weighted by Crippen LogP contribution is -2.30. The number of ether oxygens (including phenoxy) is 3. The molecule has 0 aliphatic heterocycles. The molecule has 0 saturated heterocycles. The van der Waals surface area contributed by atoms with Crippen LogP contribution in [0.25, 0.3) is 0 Å². The van der Waals surface area contributed by atoms with Crippen LogP contribution in [0.3, 0.4) is 0 Å². The third kappa shape index (κ3) is 64.3. The molecule has 0 rings (SSSR count). The first-order valence-electron chi connectivity index (χ1n) is 32.7. The third-order valence-electron chi connectivity index (χ3n) is 13.7. The number of hydrogen-bond donors (Lipinski definition) is 0. The molecule has 0 heterocycles. The largest absolute Gasteiger partial charge is 0.462 e. The van der Waals surface area contributed by atoms with Gasteiger partial charge >= 0.3 is 17.9 Å². The molecule has 0 saturated carbocycles. The summed E-state index contributed by atoms with van der Waals surface area (Å²) < 4.78 is 16.8. The summed E-state index contributed by atoms with van der Waals surface area (Å²) in [6.07, 6.45) is 93.4. The Hall–Kier alpha value is -4.45. The van der Waals surface area contributed by atoms with Crippen molar-refractivity contribution in [3.05, 3.63) is 134 Å². The number of allylic oxidation sites excluding steroid dienone is 22. The summed E-state index contributed by atoms with van der Waals surface area (Å²) in [7, 11) is 0. The molecule has 0 bridgehead atoms. The van der Waals surface area contributed by atoms with E-state index < -0.39 is 6.10 Å². The van der Waals surface area contributed by atoms with Gasteiger partial charge in [0, 0.05) is 19.3 Å². The molecule has 448 valence electrons. The van der Waals surface area contributed by atoms with Crippen LogP contribution in [0.15, 0.2) is 134 Å². The number of rotatable bonds is 58. The topological polar surface area (TPSA) is 78.9 Å². The molecule has 0 radical (unpaired) electrons. The number of hydrogen-bond acceptors (Lipinski definition) is 6. The molecule has 1 atom stereocenters. The van der Waals surface area contributed by atoms with Gasteiger partial charge in [0.2, 0.25) is 0 Å². The Bertz CT molecular complexity index is 1680. The summed E-state index contributed by atoms with van der Waals surface area (Å²) in [4.78, 5) is 38.2. The molecule has 0 spiro atoms. The lowest BCUT2D eigenvalue weighted by molar-refractivity contribution is -0.167. The Balaban J connectivity index is 4.18. The van der Waals surface area contributed by atoms with Gasteiger partial charge in [-0.1, -0.05) is 289 Å². The highest BCUT2D eigenvalue weighted by Crippen LogP contribution is 2.16. The van der Waals surface area contributed by atoms with E-state index in [4.69, 9.17) is 14.2 Å². The molecule has 0 aliphatic rings. The minimum Gasteiger partial charge on any atom is -0.462 e. The highest BCUT2D eigenvalue weighted by molar-refractivity contribution is 5.71. The molecule has 0 N–H and O–H groups in total. The van der Waals surface area contributed by atoms with Gasteiger partial charge in [-0.15, -0.1) is 0 Å². The van der Waals surface area contributed by atoms with Crippen LogP contribution in [0.4, 0.5) is 0 Å². The van der Waals surface area contributed by atoms with Crippen molar-refractivity contribution in [2.75, 3.05) is 13.2 Å². The Morgan fingerprint density at radius 3 is 0.797 bits per heavy atom. The molecule has 0 aliphatic carbocycles. The van der Waals surface area contributed by atoms with Crippen molar-refractivity contribution < 1.29 is 28.6 Å². The average Bonchev–Trinajstić information content (AvgIpc) is 3.45. The maximum absolute atomic E-state index is 12.8. The number of esters is 3. The molecule has 6 heteroatoms. The lowest BCUT2D eigenvalue weighted by Gasteiger charge is -2.18. The van der Waals surface area contributed by atoms with Crippen LogP contribution in [0, 0.1) is 0 Å². The zero-order chi connectivity index (χ0) is 57.1. The van der Waals surface area contributed by atoms with Gasteiger partial charge in [-0.25, -0.2) is 0 Å². The lowest BCUT2D eigenvalue weighted by atomic mass is 10.0. The van der Waals surface area contributed by atoms with Crippen molar-refractivity contribution in [3.8, 4) is 0 Å². The van der Waals surface area contributed by atoms with Gasteiger partial charge in [0.15, 0.2) is 6.10 Å². The first-order chi connectivity index (χ1) is 39.0. The number of carbonyl (C=O) groups is 3. The van der Waals surface area contributed by atoms with Crippen LogP contribution in [0.5, 0.6) is 0 Å². The van der Waals surface area contributed by atoms with E-state index in [9.17, 15) is 14.4 Å². The van der Waals surface area contributed by atoms with Gasteiger partial charge in [0.05, 0.1) is 0 Å². The van der Waals surface area contributed by atoms with E-state index in [0.29, 0.717) is 19.3 Å². The molecule has 0 amide bonds. The number of carbonyl (C=O) groups excluding carboxylic acids is 3. The second-order valence-corrected chi connectivity index (χ2v) is 21.3. The van der Waals surface area contributed by atoms with Gasteiger partial charge in [0.1, 0.15) is 13.2 Å². The van der Waals surface area contributed by atoms with Gasteiger partial charge in [-0.2, -0.15) is 0 Å². The van der Waals surface area contributed by atoms with E-state index in [1.807, 2.05) is 0 Å². The zero-order valence-corrected chi connectivity index (χ0v) is 51.3. The van der Waals surface area contributed by atoms with E-state index in [1.54, 1.807) is 0 Å². The van der Waals surface area contributed by atoms with E-state index in [-0.39, 0.29) is 37.5 Å².